The molecule has 0 radical (unpaired) electrons. The van der Waals surface area contributed by atoms with Gasteiger partial charge in [-0.05, 0) is 50.3 Å². The van der Waals surface area contributed by atoms with Crippen molar-refractivity contribution in [3.8, 4) is 0 Å². The zero-order valence-electron chi connectivity index (χ0n) is 15.5. The summed E-state index contributed by atoms with van der Waals surface area (Å²) in [5.74, 6) is -0.613. The van der Waals surface area contributed by atoms with Gasteiger partial charge in [0, 0.05) is 25.9 Å². The zero-order valence-corrected chi connectivity index (χ0v) is 17.1. The summed E-state index contributed by atoms with van der Waals surface area (Å²) in [5, 5.41) is 5.22. The number of carbonyl (C=O) groups is 1. The second-order valence-electron chi connectivity index (χ2n) is 7.18. The highest BCUT2D eigenvalue weighted by Gasteiger charge is 2.35. The number of hydrogen-bond acceptors (Lipinski definition) is 6. The van der Waals surface area contributed by atoms with Crippen LogP contribution in [0.4, 0.5) is 5.13 Å². The van der Waals surface area contributed by atoms with Gasteiger partial charge in [0.2, 0.25) is 5.91 Å². The number of anilines is 1. The first-order chi connectivity index (χ1) is 12.8. The van der Waals surface area contributed by atoms with Gasteiger partial charge in [-0.25, -0.2) is 13.4 Å². The summed E-state index contributed by atoms with van der Waals surface area (Å²) in [5.41, 5.74) is 0.394. The molecule has 1 N–H and O–H groups in total. The molecule has 0 spiro atoms. The number of ether oxygens (including phenoxy) is 1. The van der Waals surface area contributed by atoms with Crippen molar-refractivity contribution in [3.63, 3.8) is 0 Å². The van der Waals surface area contributed by atoms with E-state index in [-0.39, 0.29) is 17.8 Å². The van der Waals surface area contributed by atoms with Crippen LogP contribution in [0.3, 0.4) is 0 Å². The maximum absolute atomic E-state index is 13.0. The van der Waals surface area contributed by atoms with Crippen molar-refractivity contribution in [2.45, 2.75) is 49.0 Å². The zero-order chi connectivity index (χ0) is 19.5. The molecule has 0 bridgehead atoms. The van der Waals surface area contributed by atoms with Crippen molar-refractivity contribution in [2.24, 2.45) is 0 Å². The molecule has 1 amide bonds. The minimum atomic E-state index is -3.28. The molecule has 2 aromatic rings. The summed E-state index contributed by atoms with van der Waals surface area (Å²) in [6, 6.07) is 6.54. The molecule has 2 atom stereocenters. The van der Waals surface area contributed by atoms with Gasteiger partial charge in [0.1, 0.15) is 0 Å². The van der Waals surface area contributed by atoms with Gasteiger partial charge < -0.3 is 10.1 Å². The van der Waals surface area contributed by atoms with Gasteiger partial charge >= 0.3 is 0 Å². The Bertz CT molecular complexity index is 877. The van der Waals surface area contributed by atoms with Crippen LogP contribution in [-0.2, 0) is 19.4 Å². The van der Waals surface area contributed by atoms with Crippen LogP contribution in [0, 0.1) is 0 Å². The summed E-state index contributed by atoms with van der Waals surface area (Å²) in [7, 11) is -3.28. The first-order valence-electron chi connectivity index (χ1n) is 8.91. The molecular formula is C19H26N2O4S2. The Hall–Kier alpha value is -1.77. The largest absolute Gasteiger partial charge is 0.375 e. The number of carbonyl (C=O) groups excluding carboxylic acids is 1. The maximum Gasteiger partial charge on any atom is 0.233 e. The Kier molecular flexibility index (Phi) is 5.98. The lowest BCUT2D eigenvalue weighted by Gasteiger charge is -2.36. The van der Waals surface area contributed by atoms with Crippen LogP contribution in [0.1, 0.15) is 45.5 Å². The second kappa shape index (κ2) is 8.08. The molecule has 27 heavy (non-hydrogen) atoms. The van der Waals surface area contributed by atoms with Gasteiger partial charge in [-0.1, -0.05) is 12.1 Å². The van der Waals surface area contributed by atoms with Gasteiger partial charge in [-0.15, -0.1) is 11.3 Å². The van der Waals surface area contributed by atoms with E-state index in [1.807, 2.05) is 6.92 Å². The fourth-order valence-corrected chi connectivity index (χ4v) is 4.53. The van der Waals surface area contributed by atoms with E-state index >= 15 is 0 Å². The number of amides is 1. The van der Waals surface area contributed by atoms with Crippen LogP contribution in [0.2, 0.25) is 0 Å². The topological polar surface area (TPSA) is 85.4 Å². The fourth-order valence-electron chi connectivity index (χ4n) is 3.37. The Balaban J connectivity index is 0.00000280. The van der Waals surface area contributed by atoms with Gasteiger partial charge in [0.25, 0.3) is 0 Å². The van der Waals surface area contributed by atoms with Crippen LogP contribution in [-0.4, -0.2) is 37.8 Å². The molecule has 2 unspecified atom stereocenters. The molecule has 148 valence electrons. The van der Waals surface area contributed by atoms with Gasteiger partial charge in [0.05, 0.1) is 16.4 Å². The van der Waals surface area contributed by atoms with Crippen molar-refractivity contribution in [2.75, 3.05) is 18.2 Å². The molecule has 0 saturated carbocycles. The van der Waals surface area contributed by atoms with E-state index in [4.69, 9.17) is 4.74 Å². The van der Waals surface area contributed by atoms with Crippen LogP contribution >= 0.6 is 11.3 Å². The van der Waals surface area contributed by atoms with E-state index in [0.717, 1.165) is 24.8 Å². The fraction of sp³-hybridized carbons (Fsp3) is 0.474. The number of hydrogen-bond donors (Lipinski definition) is 1. The smallest absolute Gasteiger partial charge is 0.233 e. The average Bonchev–Trinajstić information content (AvgIpc) is 3.13. The number of thiazole rings is 1. The summed E-state index contributed by atoms with van der Waals surface area (Å²) in [6.07, 6.45) is 6.35. The van der Waals surface area contributed by atoms with E-state index in [2.05, 4.69) is 10.3 Å². The van der Waals surface area contributed by atoms with Crippen molar-refractivity contribution in [1.29, 1.82) is 0 Å². The van der Waals surface area contributed by atoms with E-state index in [0.29, 0.717) is 18.2 Å². The highest BCUT2D eigenvalue weighted by molar-refractivity contribution is 7.90. The number of nitrogens with one attached hydrogen (secondary N) is 1. The Morgan fingerprint density at radius 3 is 2.67 bits per heavy atom. The predicted octanol–water partition coefficient (Wildman–Crippen LogP) is 3.86. The minimum Gasteiger partial charge on any atom is -0.375 e. The van der Waals surface area contributed by atoms with Gasteiger partial charge in [0.15, 0.2) is 15.0 Å². The normalized spacial score (nSPS) is 21.6. The molecule has 1 aromatic carbocycles. The lowest BCUT2D eigenvalue weighted by Crippen LogP contribution is -2.37. The third kappa shape index (κ3) is 5.15. The molecule has 6 nitrogen and oxygen atoms in total. The Morgan fingerprint density at radius 2 is 2.11 bits per heavy atom. The Labute approximate surface area is 165 Å². The Morgan fingerprint density at radius 1 is 1.37 bits per heavy atom. The van der Waals surface area contributed by atoms with Crippen molar-refractivity contribution >= 4 is 32.2 Å². The summed E-state index contributed by atoms with van der Waals surface area (Å²) in [6.45, 7) is 2.74. The molecule has 3 rings (SSSR count). The number of sulfone groups is 1. The van der Waals surface area contributed by atoms with Crippen molar-refractivity contribution in [1.82, 2.24) is 4.98 Å². The molecular weight excluding hydrogens is 384 g/mol. The predicted molar refractivity (Wildman–Crippen MR) is 108 cm³/mol. The van der Waals surface area contributed by atoms with E-state index < -0.39 is 15.8 Å². The highest BCUT2D eigenvalue weighted by atomic mass is 32.2. The molecule has 2 heterocycles. The molecule has 1 fully saturated rings. The monoisotopic (exact) mass is 410 g/mol. The van der Waals surface area contributed by atoms with Crippen LogP contribution in [0.15, 0.2) is 40.7 Å². The number of rotatable bonds is 6. The number of benzene rings is 1. The SMILES string of the molecule is CC1(CC(C(=O)Nc2nccs2)c2ccc(S(C)(=O)=O)cc2)CCCCO1.[HH]. The molecule has 0 aliphatic carbocycles. The van der Waals surface area contributed by atoms with Crippen LogP contribution in [0.5, 0.6) is 0 Å². The second-order valence-corrected chi connectivity index (χ2v) is 10.1. The molecule has 1 aromatic heterocycles. The van der Waals surface area contributed by atoms with E-state index in [1.165, 1.54) is 17.6 Å². The number of nitrogens with zero attached hydrogens (tertiary/aromatic N) is 1. The lowest BCUT2D eigenvalue weighted by molar-refractivity contribution is -0.122. The number of aromatic nitrogens is 1. The quantitative estimate of drug-likeness (QED) is 0.781. The first kappa shape index (κ1) is 20.0. The summed E-state index contributed by atoms with van der Waals surface area (Å²) < 4.78 is 29.4. The molecule has 8 heteroatoms. The minimum absolute atomic E-state index is 0. The summed E-state index contributed by atoms with van der Waals surface area (Å²) in [4.78, 5) is 17.4. The lowest BCUT2D eigenvalue weighted by atomic mass is 9.82. The molecule has 1 aliphatic heterocycles. The van der Waals surface area contributed by atoms with Crippen molar-refractivity contribution in [3.05, 3.63) is 41.4 Å². The van der Waals surface area contributed by atoms with Crippen LogP contribution in [0.25, 0.3) is 0 Å². The maximum atomic E-state index is 13.0. The van der Waals surface area contributed by atoms with E-state index in [1.54, 1.807) is 35.8 Å². The van der Waals surface area contributed by atoms with Gasteiger partial charge in [-0.3, -0.25) is 4.79 Å². The highest BCUT2D eigenvalue weighted by Crippen LogP contribution is 2.36. The summed E-state index contributed by atoms with van der Waals surface area (Å²) >= 11 is 1.36. The van der Waals surface area contributed by atoms with Crippen LogP contribution < -0.4 is 5.32 Å². The third-order valence-electron chi connectivity index (χ3n) is 4.88. The third-order valence-corrected chi connectivity index (χ3v) is 6.69. The van der Waals surface area contributed by atoms with Gasteiger partial charge in [-0.2, -0.15) is 0 Å². The van der Waals surface area contributed by atoms with Crippen molar-refractivity contribution < 1.29 is 19.4 Å². The molecule has 1 saturated heterocycles. The average molecular weight is 411 g/mol. The standard InChI is InChI=1S/C19H24N2O4S2.H2/c1-19(9-3-4-11-25-19)13-16(17(22)21-18-20-10-12-26-18)14-5-7-15(8-6-14)27(2,23)24;/h5-8,10,12,16H,3-4,9,11,13H2,1-2H3,(H,20,21,22);1H. The van der Waals surface area contributed by atoms with E-state index in [9.17, 15) is 13.2 Å². The first-order valence-corrected chi connectivity index (χ1v) is 11.7. The molecule has 1 aliphatic rings.